The van der Waals surface area contributed by atoms with Gasteiger partial charge in [-0.05, 0) is 64.7 Å². The average molecular weight is 469 g/mol. The van der Waals surface area contributed by atoms with Gasteiger partial charge in [-0.3, -0.25) is 4.79 Å². The van der Waals surface area contributed by atoms with Crippen LogP contribution in [0.25, 0.3) is 0 Å². The average Bonchev–Trinajstić information content (AvgIpc) is 3.49. The third-order valence-electron chi connectivity index (χ3n) is 4.35. The monoisotopic (exact) mass is 468 g/mol. The SMILES string of the molecule is COc1ccc(C(O)CNC(=O)c2cc(S(=O)(=O)NC3CC3)ccc2Br)cc1. The second-order valence-corrected chi connectivity index (χ2v) is 9.10. The fraction of sp³-hybridized carbons (Fsp3) is 0.316. The number of amides is 1. The quantitative estimate of drug-likeness (QED) is 0.551. The highest BCUT2D eigenvalue weighted by Crippen LogP contribution is 2.25. The van der Waals surface area contributed by atoms with Gasteiger partial charge in [-0.2, -0.15) is 0 Å². The Morgan fingerprint density at radius 3 is 2.54 bits per heavy atom. The summed E-state index contributed by atoms with van der Waals surface area (Å²) in [5.74, 6) is 0.185. The molecular formula is C19H21BrN2O5S. The molecule has 1 fully saturated rings. The molecule has 0 bridgehead atoms. The summed E-state index contributed by atoms with van der Waals surface area (Å²) in [6.07, 6.45) is 0.746. The molecule has 0 heterocycles. The van der Waals surface area contributed by atoms with Crippen LogP contribution in [0, 0.1) is 0 Å². The van der Waals surface area contributed by atoms with Crippen LogP contribution in [-0.2, 0) is 10.0 Å². The Morgan fingerprint density at radius 1 is 1.25 bits per heavy atom. The molecule has 0 radical (unpaired) electrons. The van der Waals surface area contributed by atoms with Gasteiger partial charge in [-0.15, -0.1) is 0 Å². The molecule has 7 nitrogen and oxygen atoms in total. The number of carbonyl (C=O) groups excluding carboxylic acids is 1. The lowest BCUT2D eigenvalue weighted by Gasteiger charge is -2.14. The molecule has 9 heteroatoms. The van der Waals surface area contributed by atoms with E-state index in [1.54, 1.807) is 31.4 Å². The predicted molar refractivity (Wildman–Crippen MR) is 108 cm³/mol. The Balaban J connectivity index is 1.68. The van der Waals surface area contributed by atoms with Crippen molar-refractivity contribution in [3.8, 4) is 5.75 Å². The Bertz CT molecular complexity index is 959. The van der Waals surface area contributed by atoms with Gasteiger partial charge in [-0.1, -0.05) is 12.1 Å². The Labute approximate surface area is 172 Å². The predicted octanol–water partition coefficient (Wildman–Crippen LogP) is 2.36. The fourth-order valence-electron chi connectivity index (χ4n) is 2.56. The zero-order chi connectivity index (χ0) is 20.3. The van der Waals surface area contributed by atoms with Crippen molar-refractivity contribution in [2.45, 2.75) is 29.9 Å². The molecule has 1 aliphatic rings. The molecule has 0 aliphatic heterocycles. The number of rotatable bonds is 8. The van der Waals surface area contributed by atoms with E-state index in [0.29, 0.717) is 15.8 Å². The van der Waals surface area contributed by atoms with Crippen molar-refractivity contribution in [1.29, 1.82) is 0 Å². The van der Waals surface area contributed by atoms with Gasteiger partial charge in [0.1, 0.15) is 5.75 Å². The van der Waals surface area contributed by atoms with Crippen molar-refractivity contribution in [1.82, 2.24) is 10.0 Å². The van der Waals surface area contributed by atoms with Crippen LogP contribution in [0.2, 0.25) is 0 Å². The number of carbonyl (C=O) groups is 1. The topological polar surface area (TPSA) is 105 Å². The zero-order valence-corrected chi connectivity index (χ0v) is 17.6. The number of nitrogens with one attached hydrogen (secondary N) is 2. The minimum absolute atomic E-state index is 0.0189. The molecule has 0 aromatic heterocycles. The van der Waals surface area contributed by atoms with Crippen LogP contribution in [0.4, 0.5) is 0 Å². The Kier molecular flexibility index (Phi) is 6.39. The first-order chi connectivity index (χ1) is 13.3. The van der Waals surface area contributed by atoms with E-state index >= 15 is 0 Å². The van der Waals surface area contributed by atoms with Crippen molar-refractivity contribution < 1.29 is 23.1 Å². The molecule has 1 amide bonds. The number of benzene rings is 2. The molecule has 28 heavy (non-hydrogen) atoms. The van der Waals surface area contributed by atoms with Crippen LogP contribution < -0.4 is 14.8 Å². The highest BCUT2D eigenvalue weighted by atomic mass is 79.9. The summed E-state index contributed by atoms with van der Waals surface area (Å²) in [6, 6.07) is 11.1. The van der Waals surface area contributed by atoms with E-state index in [0.717, 1.165) is 12.8 Å². The number of methoxy groups -OCH3 is 1. The lowest BCUT2D eigenvalue weighted by Crippen LogP contribution is -2.29. The first-order valence-corrected chi connectivity index (χ1v) is 11.0. The van der Waals surface area contributed by atoms with Gasteiger partial charge in [0.25, 0.3) is 5.91 Å². The summed E-state index contributed by atoms with van der Waals surface area (Å²) >= 11 is 3.28. The lowest BCUT2D eigenvalue weighted by atomic mass is 10.1. The van der Waals surface area contributed by atoms with Crippen molar-refractivity contribution in [3.63, 3.8) is 0 Å². The fourth-order valence-corrected chi connectivity index (χ4v) is 4.32. The number of hydrogen-bond acceptors (Lipinski definition) is 5. The molecule has 0 saturated heterocycles. The number of aliphatic hydroxyl groups is 1. The molecule has 3 N–H and O–H groups in total. The van der Waals surface area contributed by atoms with Crippen molar-refractivity contribution >= 4 is 31.9 Å². The van der Waals surface area contributed by atoms with Gasteiger partial charge in [0.2, 0.25) is 10.0 Å². The van der Waals surface area contributed by atoms with Crippen LogP contribution in [0.1, 0.15) is 34.9 Å². The van der Waals surface area contributed by atoms with Gasteiger partial charge in [0, 0.05) is 17.1 Å². The standard InChI is InChI=1S/C19H21BrN2O5S/c1-27-14-6-2-12(3-7-14)18(23)11-21-19(24)16-10-15(8-9-17(16)20)28(25,26)22-13-4-5-13/h2-3,6-10,13,18,22-23H,4-5,11H2,1H3,(H,21,24). The summed E-state index contributed by atoms with van der Waals surface area (Å²) in [5.41, 5.74) is 0.811. The first-order valence-electron chi connectivity index (χ1n) is 8.72. The number of sulfonamides is 1. The number of aliphatic hydroxyl groups excluding tert-OH is 1. The van der Waals surface area contributed by atoms with Crippen LogP contribution >= 0.6 is 15.9 Å². The van der Waals surface area contributed by atoms with E-state index in [4.69, 9.17) is 4.74 Å². The highest BCUT2D eigenvalue weighted by Gasteiger charge is 2.28. The Morgan fingerprint density at radius 2 is 1.93 bits per heavy atom. The minimum atomic E-state index is -3.66. The van der Waals surface area contributed by atoms with E-state index in [1.807, 2.05) is 0 Å². The van der Waals surface area contributed by atoms with Crippen LogP contribution in [0.15, 0.2) is 51.8 Å². The van der Waals surface area contributed by atoms with E-state index in [2.05, 4.69) is 26.0 Å². The maximum atomic E-state index is 12.5. The third kappa shape index (κ3) is 5.11. The molecule has 2 aromatic carbocycles. The first kappa shape index (κ1) is 20.8. The molecule has 3 rings (SSSR count). The molecule has 0 spiro atoms. The molecule has 1 aliphatic carbocycles. The summed E-state index contributed by atoms with van der Waals surface area (Å²) in [5, 5.41) is 12.9. The maximum Gasteiger partial charge on any atom is 0.252 e. The van der Waals surface area contributed by atoms with Crippen molar-refractivity contribution in [2.24, 2.45) is 0 Å². The Hall–Kier alpha value is -1.94. The summed E-state index contributed by atoms with van der Waals surface area (Å²) < 4.78 is 32.9. The van der Waals surface area contributed by atoms with Gasteiger partial charge in [0.15, 0.2) is 0 Å². The molecule has 150 valence electrons. The molecule has 1 atom stereocenters. The molecule has 1 unspecified atom stereocenters. The van der Waals surface area contributed by atoms with Gasteiger partial charge < -0.3 is 15.2 Å². The minimum Gasteiger partial charge on any atom is -0.497 e. The smallest absolute Gasteiger partial charge is 0.252 e. The summed E-state index contributed by atoms with van der Waals surface area (Å²) in [7, 11) is -2.11. The molecule has 1 saturated carbocycles. The van der Waals surface area contributed by atoms with E-state index < -0.39 is 22.0 Å². The van der Waals surface area contributed by atoms with Crippen LogP contribution in [-0.4, -0.2) is 39.1 Å². The second-order valence-electron chi connectivity index (χ2n) is 6.54. The number of ether oxygens (including phenoxy) is 1. The van der Waals surface area contributed by atoms with E-state index in [1.165, 1.54) is 18.2 Å². The number of halogens is 1. The lowest BCUT2D eigenvalue weighted by molar-refractivity contribution is 0.0915. The van der Waals surface area contributed by atoms with Crippen LogP contribution in [0.3, 0.4) is 0 Å². The second kappa shape index (κ2) is 8.60. The van der Waals surface area contributed by atoms with Gasteiger partial charge >= 0.3 is 0 Å². The van der Waals surface area contributed by atoms with Gasteiger partial charge in [-0.25, -0.2) is 13.1 Å². The maximum absolute atomic E-state index is 12.5. The number of hydrogen-bond donors (Lipinski definition) is 3. The summed E-state index contributed by atoms with van der Waals surface area (Å²) in [6.45, 7) is -0.0189. The summed E-state index contributed by atoms with van der Waals surface area (Å²) in [4.78, 5) is 12.6. The van der Waals surface area contributed by atoms with E-state index in [-0.39, 0.29) is 23.0 Å². The largest absolute Gasteiger partial charge is 0.497 e. The zero-order valence-electron chi connectivity index (χ0n) is 15.2. The third-order valence-corrected chi connectivity index (χ3v) is 6.56. The van der Waals surface area contributed by atoms with Crippen LogP contribution in [0.5, 0.6) is 5.75 Å². The van der Waals surface area contributed by atoms with Gasteiger partial charge in [0.05, 0.1) is 23.7 Å². The van der Waals surface area contributed by atoms with Crippen molar-refractivity contribution in [2.75, 3.05) is 13.7 Å². The normalized spacial score (nSPS) is 15.1. The molecular weight excluding hydrogens is 448 g/mol. The van der Waals surface area contributed by atoms with E-state index in [9.17, 15) is 18.3 Å². The highest BCUT2D eigenvalue weighted by molar-refractivity contribution is 9.10. The molecule has 2 aromatic rings. The van der Waals surface area contributed by atoms with Crippen molar-refractivity contribution in [3.05, 3.63) is 58.1 Å².